The van der Waals surface area contributed by atoms with Gasteiger partial charge in [0.15, 0.2) is 0 Å². The van der Waals surface area contributed by atoms with Crippen LogP contribution in [0.3, 0.4) is 0 Å². The van der Waals surface area contributed by atoms with Gasteiger partial charge >= 0.3 is 12.0 Å². The molecule has 1 rings (SSSR count). The SMILES string of the molecule is CCCNC(=O)NC(=O)CN1CCCCC1CCC(=O)O. The lowest BCUT2D eigenvalue weighted by atomic mass is 9.98. The lowest BCUT2D eigenvalue weighted by molar-refractivity contribution is -0.137. The van der Waals surface area contributed by atoms with Crippen molar-refractivity contribution in [1.82, 2.24) is 15.5 Å². The summed E-state index contributed by atoms with van der Waals surface area (Å²) in [6.07, 6.45) is 4.43. The zero-order chi connectivity index (χ0) is 15.7. The number of aliphatic carboxylic acids is 1. The molecule has 1 fully saturated rings. The van der Waals surface area contributed by atoms with Crippen molar-refractivity contribution in [3.8, 4) is 0 Å². The first-order valence-electron chi connectivity index (χ1n) is 7.56. The van der Waals surface area contributed by atoms with Crippen molar-refractivity contribution in [2.24, 2.45) is 0 Å². The zero-order valence-electron chi connectivity index (χ0n) is 12.6. The quantitative estimate of drug-likeness (QED) is 0.650. The predicted octanol–water partition coefficient (Wildman–Crippen LogP) is 0.941. The molecule has 0 bridgehead atoms. The standard InChI is InChI=1S/C14H25N3O4/c1-2-8-15-14(21)16-12(18)10-17-9-4-3-5-11(17)6-7-13(19)20/h11H,2-10H2,1H3,(H,19,20)(H2,15,16,18,21). The minimum absolute atomic E-state index is 0.110. The number of rotatable bonds is 7. The molecule has 120 valence electrons. The Morgan fingerprint density at radius 2 is 2.05 bits per heavy atom. The molecule has 3 amide bonds. The highest BCUT2D eigenvalue weighted by Crippen LogP contribution is 2.20. The van der Waals surface area contributed by atoms with Crippen LogP contribution in [0.5, 0.6) is 0 Å². The van der Waals surface area contributed by atoms with Gasteiger partial charge in [-0.1, -0.05) is 13.3 Å². The molecule has 0 aromatic carbocycles. The first-order chi connectivity index (χ1) is 10.0. The Hall–Kier alpha value is -1.63. The Bertz CT molecular complexity index is 373. The average Bonchev–Trinajstić information content (AvgIpc) is 2.44. The third kappa shape index (κ3) is 7.08. The van der Waals surface area contributed by atoms with E-state index in [1.54, 1.807) is 0 Å². The fourth-order valence-electron chi connectivity index (χ4n) is 2.52. The van der Waals surface area contributed by atoms with Gasteiger partial charge in [0, 0.05) is 19.0 Å². The highest BCUT2D eigenvalue weighted by atomic mass is 16.4. The number of nitrogens with one attached hydrogen (secondary N) is 2. The number of carboxylic acids is 1. The Kier molecular flexibility index (Phi) is 7.74. The maximum Gasteiger partial charge on any atom is 0.321 e. The Balaban J connectivity index is 2.39. The molecule has 7 nitrogen and oxygen atoms in total. The number of carbonyl (C=O) groups is 3. The van der Waals surface area contributed by atoms with E-state index in [1.165, 1.54) is 0 Å². The number of carboxylic acid groups (broad SMARTS) is 1. The van der Waals surface area contributed by atoms with Crippen molar-refractivity contribution in [1.29, 1.82) is 0 Å². The maximum atomic E-state index is 11.8. The second kappa shape index (κ2) is 9.33. The van der Waals surface area contributed by atoms with Gasteiger partial charge in [-0.2, -0.15) is 0 Å². The van der Waals surface area contributed by atoms with E-state index in [0.29, 0.717) is 13.0 Å². The lowest BCUT2D eigenvalue weighted by Gasteiger charge is -2.34. The highest BCUT2D eigenvalue weighted by Gasteiger charge is 2.25. The van der Waals surface area contributed by atoms with Gasteiger partial charge in [0.2, 0.25) is 5.91 Å². The highest BCUT2D eigenvalue weighted by molar-refractivity contribution is 5.95. The van der Waals surface area contributed by atoms with E-state index in [9.17, 15) is 14.4 Å². The molecule has 7 heteroatoms. The third-order valence-corrected chi connectivity index (χ3v) is 3.58. The van der Waals surface area contributed by atoms with E-state index in [1.807, 2.05) is 11.8 Å². The number of urea groups is 1. The summed E-state index contributed by atoms with van der Waals surface area (Å²) in [5.41, 5.74) is 0. The molecule has 0 aromatic heterocycles. The summed E-state index contributed by atoms with van der Waals surface area (Å²) in [4.78, 5) is 35.9. The molecule has 0 aliphatic carbocycles. The van der Waals surface area contributed by atoms with E-state index in [4.69, 9.17) is 5.11 Å². The van der Waals surface area contributed by atoms with E-state index in [0.717, 1.165) is 32.2 Å². The molecular formula is C14H25N3O4. The number of hydrogen-bond acceptors (Lipinski definition) is 4. The van der Waals surface area contributed by atoms with Crippen LogP contribution in [0.2, 0.25) is 0 Å². The fourth-order valence-corrected chi connectivity index (χ4v) is 2.52. The normalized spacial score (nSPS) is 19.0. The summed E-state index contributed by atoms with van der Waals surface area (Å²) < 4.78 is 0. The first kappa shape index (κ1) is 17.4. The number of imide groups is 1. The van der Waals surface area contributed by atoms with Crippen molar-refractivity contribution in [3.05, 3.63) is 0 Å². The lowest BCUT2D eigenvalue weighted by Crippen LogP contribution is -2.48. The van der Waals surface area contributed by atoms with Crippen molar-refractivity contribution in [3.63, 3.8) is 0 Å². The van der Waals surface area contributed by atoms with Gasteiger partial charge < -0.3 is 10.4 Å². The van der Waals surface area contributed by atoms with E-state index >= 15 is 0 Å². The molecule has 1 aliphatic rings. The largest absolute Gasteiger partial charge is 0.481 e. The van der Waals surface area contributed by atoms with Crippen LogP contribution in [0.15, 0.2) is 0 Å². The van der Waals surface area contributed by atoms with Crippen molar-refractivity contribution in [2.45, 2.75) is 51.5 Å². The van der Waals surface area contributed by atoms with Crippen LogP contribution in [-0.2, 0) is 9.59 Å². The summed E-state index contributed by atoms with van der Waals surface area (Å²) in [5, 5.41) is 13.6. The molecular weight excluding hydrogens is 274 g/mol. The molecule has 0 radical (unpaired) electrons. The van der Waals surface area contributed by atoms with Gasteiger partial charge in [0.25, 0.3) is 0 Å². The predicted molar refractivity (Wildman–Crippen MR) is 77.9 cm³/mol. The summed E-state index contributed by atoms with van der Waals surface area (Å²) in [5.74, 6) is -1.16. The molecule has 21 heavy (non-hydrogen) atoms. The van der Waals surface area contributed by atoms with E-state index < -0.39 is 12.0 Å². The third-order valence-electron chi connectivity index (χ3n) is 3.58. The van der Waals surface area contributed by atoms with Crippen LogP contribution in [0, 0.1) is 0 Å². The van der Waals surface area contributed by atoms with Crippen molar-refractivity contribution in [2.75, 3.05) is 19.6 Å². The molecule has 0 spiro atoms. The van der Waals surface area contributed by atoms with Crippen LogP contribution >= 0.6 is 0 Å². The fraction of sp³-hybridized carbons (Fsp3) is 0.786. The van der Waals surface area contributed by atoms with Crippen LogP contribution < -0.4 is 10.6 Å². The maximum absolute atomic E-state index is 11.8. The Morgan fingerprint density at radius 3 is 2.71 bits per heavy atom. The van der Waals surface area contributed by atoms with Crippen molar-refractivity contribution >= 4 is 17.9 Å². The van der Waals surface area contributed by atoms with Gasteiger partial charge in [-0.3, -0.25) is 19.8 Å². The second-order valence-corrected chi connectivity index (χ2v) is 5.36. The molecule has 1 aliphatic heterocycles. The monoisotopic (exact) mass is 299 g/mol. The molecule has 1 saturated heterocycles. The van der Waals surface area contributed by atoms with Gasteiger partial charge in [-0.15, -0.1) is 0 Å². The van der Waals surface area contributed by atoms with Crippen LogP contribution in [-0.4, -0.2) is 53.6 Å². The van der Waals surface area contributed by atoms with Gasteiger partial charge in [-0.25, -0.2) is 4.79 Å². The molecule has 0 aromatic rings. The van der Waals surface area contributed by atoms with Crippen molar-refractivity contribution < 1.29 is 19.5 Å². The summed E-state index contributed by atoms with van der Waals surface area (Å²) >= 11 is 0. The number of nitrogens with zero attached hydrogens (tertiary/aromatic N) is 1. The van der Waals surface area contributed by atoms with E-state index in [-0.39, 0.29) is 24.9 Å². The van der Waals surface area contributed by atoms with Gasteiger partial charge in [0.1, 0.15) is 0 Å². The van der Waals surface area contributed by atoms with Crippen LogP contribution in [0.1, 0.15) is 45.4 Å². The van der Waals surface area contributed by atoms with Crippen LogP contribution in [0.4, 0.5) is 4.79 Å². The summed E-state index contributed by atoms with van der Waals surface area (Å²) in [6.45, 7) is 3.38. The van der Waals surface area contributed by atoms with Gasteiger partial charge in [0.05, 0.1) is 6.54 Å². The molecule has 1 heterocycles. The topological polar surface area (TPSA) is 98.7 Å². The minimum Gasteiger partial charge on any atom is -0.481 e. The zero-order valence-corrected chi connectivity index (χ0v) is 12.6. The smallest absolute Gasteiger partial charge is 0.321 e. The number of carbonyl (C=O) groups excluding carboxylic acids is 2. The second-order valence-electron chi connectivity index (χ2n) is 5.36. The minimum atomic E-state index is -0.816. The van der Waals surface area contributed by atoms with Crippen LogP contribution in [0.25, 0.3) is 0 Å². The van der Waals surface area contributed by atoms with Gasteiger partial charge in [-0.05, 0) is 32.2 Å². The number of likely N-dealkylation sites (tertiary alicyclic amines) is 1. The molecule has 1 unspecified atom stereocenters. The summed E-state index contributed by atoms with van der Waals surface area (Å²) in [6, 6.07) is -0.361. The molecule has 1 atom stereocenters. The number of amides is 3. The molecule has 3 N–H and O–H groups in total. The molecule has 0 saturated carbocycles. The Morgan fingerprint density at radius 1 is 1.29 bits per heavy atom. The number of piperidine rings is 1. The first-order valence-corrected chi connectivity index (χ1v) is 7.56. The van der Waals surface area contributed by atoms with E-state index in [2.05, 4.69) is 10.6 Å². The summed E-state index contributed by atoms with van der Waals surface area (Å²) in [7, 11) is 0. The average molecular weight is 299 g/mol. The Labute approximate surface area is 125 Å². The number of hydrogen-bond donors (Lipinski definition) is 3.